The highest BCUT2D eigenvalue weighted by molar-refractivity contribution is 5.37. The van der Waals surface area contributed by atoms with Gasteiger partial charge in [-0.15, -0.1) is 0 Å². The molecule has 0 aliphatic rings. The van der Waals surface area contributed by atoms with Crippen LogP contribution in [-0.4, -0.2) is 35.3 Å². The van der Waals surface area contributed by atoms with Crippen molar-refractivity contribution in [3.8, 4) is 0 Å². The van der Waals surface area contributed by atoms with Crippen molar-refractivity contribution in [3.05, 3.63) is 18.1 Å². The van der Waals surface area contributed by atoms with Crippen LogP contribution in [0.25, 0.3) is 0 Å². The first-order valence-electron chi connectivity index (χ1n) is 4.84. The summed E-state index contributed by atoms with van der Waals surface area (Å²) in [5.41, 5.74) is 0.935. The van der Waals surface area contributed by atoms with E-state index in [1.807, 2.05) is 38.8 Å². The third-order valence-corrected chi connectivity index (χ3v) is 1.62. The Morgan fingerprint density at radius 1 is 1.36 bits per heavy atom. The zero-order chi connectivity index (χ0) is 11.0. The summed E-state index contributed by atoms with van der Waals surface area (Å²) in [5.74, 6) is 0.844. The van der Waals surface area contributed by atoms with E-state index in [1.165, 1.54) is 6.33 Å². The van der Waals surface area contributed by atoms with Gasteiger partial charge in [-0.3, -0.25) is 0 Å². The van der Waals surface area contributed by atoms with E-state index in [0.717, 1.165) is 11.5 Å². The largest absolute Gasteiger partial charge is 0.395 e. The fourth-order valence-electron chi connectivity index (χ4n) is 0.914. The summed E-state index contributed by atoms with van der Waals surface area (Å²) in [6.45, 7) is 6.65. The molecule has 80 valence electrons. The van der Waals surface area contributed by atoms with E-state index in [9.17, 15) is 0 Å². The van der Waals surface area contributed by atoms with Crippen LogP contribution in [0.5, 0.6) is 0 Å². The van der Waals surface area contributed by atoms with Gasteiger partial charge >= 0.3 is 0 Å². The van der Waals surface area contributed by atoms with Crippen LogP contribution in [0.15, 0.2) is 12.4 Å². The first-order valence-corrected chi connectivity index (χ1v) is 4.84. The number of anilines is 1. The lowest BCUT2D eigenvalue weighted by Crippen LogP contribution is -2.22. The summed E-state index contributed by atoms with van der Waals surface area (Å²) in [5, 5.41) is 8.68. The fourth-order valence-corrected chi connectivity index (χ4v) is 0.914. The van der Waals surface area contributed by atoms with Crippen molar-refractivity contribution < 1.29 is 5.11 Å². The summed E-state index contributed by atoms with van der Waals surface area (Å²) in [6, 6.07) is 1.88. The number of nitrogens with zero attached hydrogens (tertiary/aromatic N) is 3. The monoisotopic (exact) mass is 197 g/mol. The molecule has 0 amide bonds. The molecule has 0 fully saturated rings. The molecule has 0 aliphatic heterocycles. The molecule has 0 saturated carbocycles. The van der Waals surface area contributed by atoms with Crippen LogP contribution in [0.4, 0.5) is 5.82 Å². The SMILES string of the molecule is CC.Cc1cc(N(C)CCO)ncn1. The molecule has 0 unspecified atom stereocenters. The Morgan fingerprint density at radius 2 is 2.00 bits per heavy atom. The third kappa shape index (κ3) is 4.18. The Balaban J connectivity index is 0.000000791. The average Bonchev–Trinajstić information content (AvgIpc) is 2.21. The lowest BCUT2D eigenvalue weighted by molar-refractivity contribution is 0.304. The molecule has 0 saturated heterocycles. The molecular formula is C10H19N3O. The van der Waals surface area contributed by atoms with Crippen molar-refractivity contribution in [1.82, 2.24) is 9.97 Å². The highest BCUT2D eigenvalue weighted by Crippen LogP contribution is 2.06. The van der Waals surface area contributed by atoms with Crippen molar-refractivity contribution in [3.63, 3.8) is 0 Å². The molecule has 0 spiro atoms. The molecule has 1 aromatic heterocycles. The minimum absolute atomic E-state index is 0.138. The van der Waals surface area contributed by atoms with E-state index < -0.39 is 0 Å². The van der Waals surface area contributed by atoms with Gasteiger partial charge in [-0.25, -0.2) is 9.97 Å². The molecule has 4 heteroatoms. The Kier molecular flexibility index (Phi) is 6.66. The third-order valence-electron chi connectivity index (χ3n) is 1.62. The Morgan fingerprint density at radius 3 is 2.50 bits per heavy atom. The van der Waals surface area contributed by atoms with Crippen LogP contribution < -0.4 is 4.90 Å². The van der Waals surface area contributed by atoms with Gasteiger partial charge in [0.15, 0.2) is 0 Å². The summed E-state index contributed by atoms with van der Waals surface area (Å²) in [6.07, 6.45) is 1.53. The summed E-state index contributed by atoms with van der Waals surface area (Å²) >= 11 is 0. The lowest BCUT2D eigenvalue weighted by atomic mass is 10.4. The maximum absolute atomic E-state index is 8.68. The van der Waals surface area contributed by atoms with Gasteiger partial charge in [-0.05, 0) is 6.92 Å². The topological polar surface area (TPSA) is 49.2 Å². The van der Waals surface area contributed by atoms with Gasteiger partial charge in [0.2, 0.25) is 0 Å². The Hall–Kier alpha value is -1.16. The second kappa shape index (κ2) is 7.26. The number of hydrogen-bond donors (Lipinski definition) is 1. The fraction of sp³-hybridized carbons (Fsp3) is 0.600. The molecule has 0 aliphatic carbocycles. The number of aromatic nitrogens is 2. The predicted molar refractivity (Wildman–Crippen MR) is 58.5 cm³/mol. The standard InChI is InChI=1S/C8H13N3O.C2H6/c1-7-5-8(10-6-9-7)11(2)3-4-12;1-2/h5-6,12H,3-4H2,1-2H3;1-2H3. The van der Waals surface area contributed by atoms with Gasteiger partial charge in [0.05, 0.1) is 6.61 Å². The van der Waals surface area contributed by atoms with Crippen molar-refractivity contribution in [2.24, 2.45) is 0 Å². The molecule has 4 nitrogen and oxygen atoms in total. The molecule has 1 heterocycles. The molecule has 0 radical (unpaired) electrons. The van der Waals surface area contributed by atoms with E-state index in [1.54, 1.807) is 0 Å². The summed E-state index contributed by atoms with van der Waals surface area (Å²) < 4.78 is 0. The second-order valence-corrected chi connectivity index (χ2v) is 2.66. The molecule has 0 atom stereocenters. The normalized spacial score (nSPS) is 8.93. The zero-order valence-corrected chi connectivity index (χ0v) is 9.36. The number of aliphatic hydroxyl groups excluding tert-OH is 1. The molecule has 0 bridgehead atoms. The van der Waals surface area contributed by atoms with Crippen molar-refractivity contribution >= 4 is 5.82 Å². The van der Waals surface area contributed by atoms with Gasteiger partial charge < -0.3 is 10.0 Å². The molecule has 1 aromatic rings. The lowest BCUT2D eigenvalue weighted by Gasteiger charge is -2.16. The van der Waals surface area contributed by atoms with Gasteiger partial charge in [0, 0.05) is 25.4 Å². The number of likely N-dealkylation sites (N-methyl/N-ethyl adjacent to an activating group) is 1. The van der Waals surface area contributed by atoms with E-state index >= 15 is 0 Å². The number of rotatable bonds is 3. The predicted octanol–water partition coefficient (Wildman–Crippen LogP) is 1.24. The minimum atomic E-state index is 0.138. The van der Waals surface area contributed by atoms with E-state index in [2.05, 4.69) is 9.97 Å². The molecule has 1 rings (SSSR count). The minimum Gasteiger partial charge on any atom is -0.395 e. The van der Waals surface area contributed by atoms with Gasteiger partial charge in [-0.1, -0.05) is 13.8 Å². The van der Waals surface area contributed by atoms with Crippen LogP contribution in [0.2, 0.25) is 0 Å². The van der Waals surface area contributed by atoms with Crippen molar-refractivity contribution in [1.29, 1.82) is 0 Å². The smallest absolute Gasteiger partial charge is 0.131 e. The zero-order valence-electron chi connectivity index (χ0n) is 9.36. The van der Waals surface area contributed by atoms with Crippen molar-refractivity contribution in [2.75, 3.05) is 25.1 Å². The van der Waals surface area contributed by atoms with Crippen LogP contribution in [0.3, 0.4) is 0 Å². The molecular weight excluding hydrogens is 178 g/mol. The number of aliphatic hydroxyl groups is 1. The van der Waals surface area contributed by atoms with Gasteiger partial charge in [0.25, 0.3) is 0 Å². The molecule has 14 heavy (non-hydrogen) atoms. The average molecular weight is 197 g/mol. The maximum Gasteiger partial charge on any atom is 0.131 e. The van der Waals surface area contributed by atoms with Crippen molar-refractivity contribution in [2.45, 2.75) is 20.8 Å². The first-order chi connectivity index (χ1) is 6.74. The summed E-state index contributed by atoms with van der Waals surface area (Å²) in [4.78, 5) is 9.93. The highest BCUT2D eigenvalue weighted by Gasteiger charge is 2.00. The van der Waals surface area contributed by atoms with Crippen LogP contribution in [0, 0.1) is 6.92 Å². The molecule has 1 N–H and O–H groups in total. The maximum atomic E-state index is 8.68. The van der Waals surface area contributed by atoms with Crippen LogP contribution in [0.1, 0.15) is 19.5 Å². The van der Waals surface area contributed by atoms with Gasteiger partial charge in [0.1, 0.15) is 12.1 Å². The van der Waals surface area contributed by atoms with E-state index in [4.69, 9.17) is 5.11 Å². The Bertz CT molecular complexity index is 253. The number of aryl methyl sites for hydroxylation is 1. The molecule has 0 aromatic carbocycles. The second-order valence-electron chi connectivity index (χ2n) is 2.66. The van der Waals surface area contributed by atoms with E-state index in [0.29, 0.717) is 6.54 Å². The van der Waals surface area contributed by atoms with Gasteiger partial charge in [-0.2, -0.15) is 0 Å². The van der Waals surface area contributed by atoms with Crippen LogP contribution >= 0.6 is 0 Å². The highest BCUT2D eigenvalue weighted by atomic mass is 16.3. The quantitative estimate of drug-likeness (QED) is 0.792. The first kappa shape index (κ1) is 12.8. The number of hydrogen-bond acceptors (Lipinski definition) is 4. The Labute approximate surface area is 85.6 Å². The van der Waals surface area contributed by atoms with E-state index in [-0.39, 0.29) is 6.61 Å². The summed E-state index contributed by atoms with van der Waals surface area (Å²) in [7, 11) is 1.89. The van der Waals surface area contributed by atoms with Crippen LogP contribution in [-0.2, 0) is 0 Å².